The maximum Gasteiger partial charge on any atom is 0.251 e. The van der Waals surface area contributed by atoms with E-state index in [-0.39, 0.29) is 28.9 Å². The lowest BCUT2D eigenvalue weighted by atomic mass is 9.86. The van der Waals surface area contributed by atoms with Crippen LogP contribution in [0.3, 0.4) is 0 Å². The molecule has 0 bridgehead atoms. The van der Waals surface area contributed by atoms with Gasteiger partial charge in [-0.25, -0.2) is 8.42 Å². The van der Waals surface area contributed by atoms with Crippen molar-refractivity contribution in [2.75, 3.05) is 13.1 Å². The van der Waals surface area contributed by atoms with Crippen LogP contribution in [0.25, 0.3) is 0 Å². The minimum absolute atomic E-state index is 0.0674. The summed E-state index contributed by atoms with van der Waals surface area (Å²) in [4.78, 5) is 24.5. The van der Waals surface area contributed by atoms with E-state index >= 15 is 0 Å². The van der Waals surface area contributed by atoms with Crippen LogP contribution < -0.4 is 10.9 Å². The first-order chi connectivity index (χ1) is 12.4. The fourth-order valence-corrected chi connectivity index (χ4v) is 5.34. The van der Waals surface area contributed by atoms with Crippen molar-refractivity contribution < 1.29 is 13.2 Å². The van der Waals surface area contributed by atoms with Crippen LogP contribution >= 0.6 is 0 Å². The van der Waals surface area contributed by atoms with Crippen molar-refractivity contribution in [1.29, 1.82) is 0 Å². The first kappa shape index (κ1) is 19.1. The average Bonchev–Trinajstić information content (AvgIpc) is 3.14. The fraction of sp³-hybridized carbons (Fsp3) is 0.667. The van der Waals surface area contributed by atoms with Crippen LogP contribution in [0.2, 0.25) is 0 Å². The number of hydrogen-bond acceptors (Lipinski definition) is 4. The number of hydrogen-bond donors (Lipinski definition) is 1. The lowest BCUT2D eigenvalue weighted by molar-refractivity contribution is -0.123. The number of sulfonamides is 1. The molecule has 1 aromatic heterocycles. The third-order valence-corrected chi connectivity index (χ3v) is 7.31. The molecule has 1 saturated heterocycles. The summed E-state index contributed by atoms with van der Waals surface area (Å²) in [6.45, 7) is 2.97. The van der Waals surface area contributed by atoms with Crippen molar-refractivity contribution in [2.24, 2.45) is 5.92 Å². The van der Waals surface area contributed by atoms with Gasteiger partial charge in [-0.15, -0.1) is 0 Å². The average molecular weight is 381 g/mol. The third-order valence-electron chi connectivity index (χ3n) is 5.43. The van der Waals surface area contributed by atoms with Gasteiger partial charge in [-0.1, -0.05) is 19.8 Å². The molecule has 1 aromatic rings. The number of carbonyl (C=O) groups excluding carboxylic acids is 1. The van der Waals surface area contributed by atoms with Crippen LogP contribution in [0.15, 0.2) is 28.0 Å². The van der Waals surface area contributed by atoms with Crippen molar-refractivity contribution >= 4 is 15.9 Å². The lowest BCUT2D eigenvalue weighted by Crippen LogP contribution is -2.43. The van der Waals surface area contributed by atoms with Gasteiger partial charge in [0.2, 0.25) is 15.9 Å². The maximum absolute atomic E-state index is 12.7. The summed E-state index contributed by atoms with van der Waals surface area (Å²) in [5, 5.41) is 3.00. The molecule has 1 saturated carbocycles. The summed E-state index contributed by atoms with van der Waals surface area (Å²) in [5.74, 6) is 0.174. The number of nitrogens with one attached hydrogen (secondary N) is 1. The second kappa shape index (κ2) is 7.92. The summed E-state index contributed by atoms with van der Waals surface area (Å²) >= 11 is 0. The van der Waals surface area contributed by atoms with E-state index in [2.05, 4.69) is 12.2 Å². The highest BCUT2D eigenvalue weighted by molar-refractivity contribution is 7.89. The summed E-state index contributed by atoms with van der Waals surface area (Å²) < 4.78 is 27.9. The van der Waals surface area contributed by atoms with Crippen molar-refractivity contribution in [1.82, 2.24) is 14.2 Å². The van der Waals surface area contributed by atoms with Gasteiger partial charge in [0, 0.05) is 31.4 Å². The molecule has 0 unspecified atom stereocenters. The fourth-order valence-electron chi connectivity index (χ4n) is 3.80. The van der Waals surface area contributed by atoms with E-state index in [4.69, 9.17) is 0 Å². The molecular weight excluding hydrogens is 354 g/mol. The van der Waals surface area contributed by atoms with Crippen LogP contribution in [0.5, 0.6) is 0 Å². The third kappa shape index (κ3) is 4.17. The molecule has 2 aliphatic rings. The van der Waals surface area contributed by atoms with Crippen molar-refractivity contribution in [3.63, 3.8) is 0 Å². The second-order valence-electron chi connectivity index (χ2n) is 7.38. The molecule has 8 heteroatoms. The first-order valence-electron chi connectivity index (χ1n) is 9.38. The zero-order valence-corrected chi connectivity index (χ0v) is 16.0. The first-order valence-corrected chi connectivity index (χ1v) is 10.8. The molecule has 0 radical (unpaired) electrons. The molecule has 1 aliphatic heterocycles. The molecule has 144 valence electrons. The van der Waals surface area contributed by atoms with Crippen molar-refractivity contribution in [3.8, 4) is 0 Å². The second-order valence-corrected chi connectivity index (χ2v) is 9.32. The zero-order chi connectivity index (χ0) is 18.7. The molecule has 1 N–H and O–H groups in total. The Bertz CT molecular complexity index is 812. The number of amides is 1. The quantitative estimate of drug-likeness (QED) is 0.833. The molecule has 0 spiro atoms. The Balaban J connectivity index is 1.73. The van der Waals surface area contributed by atoms with Crippen LogP contribution in [-0.2, 0) is 21.4 Å². The maximum atomic E-state index is 12.7. The van der Waals surface area contributed by atoms with Gasteiger partial charge >= 0.3 is 0 Å². The molecule has 0 aromatic carbocycles. The molecule has 2 heterocycles. The molecule has 7 nitrogen and oxygen atoms in total. The Hall–Kier alpha value is -1.67. The van der Waals surface area contributed by atoms with Gasteiger partial charge in [-0.3, -0.25) is 9.59 Å². The molecule has 26 heavy (non-hydrogen) atoms. The van der Waals surface area contributed by atoms with Crippen LogP contribution in [0, 0.1) is 5.92 Å². The summed E-state index contributed by atoms with van der Waals surface area (Å²) in [6.07, 6.45) is 7.31. The van der Waals surface area contributed by atoms with E-state index in [9.17, 15) is 18.0 Å². The van der Waals surface area contributed by atoms with Gasteiger partial charge in [0.1, 0.15) is 6.54 Å². The normalized spacial score (nSPS) is 24.5. The highest BCUT2D eigenvalue weighted by Gasteiger charge is 2.28. The van der Waals surface area contributed by atoms with Gasteiger partial charge in [0.15, 0.2) is 0 Å². The van der Waals surface area contributed by atoms with Gasteiger partial charge < -0.3 is 9.88 Å². The van der Waals surface area contributed by atoms with Crippen LogP contribution in [-0.4, -0.2) is 42.3 Å². The highest BCUT2D eigenvalue weighted by atomic mass is 32.2. The van der Waals surface area contributed by atoms with E-state index in [1.54, 1.807) is 0 Å². The molecule has 1 amide bonds. The number of rotatable bonds is 5. The Labute approximate surface area is 154 Å². The molecule has 3 rings (SSSR count). The Morgan fingerprint density at radius 1 is 1.15 bits per heavy atom. The van der Waals surface area contributed by atoms with E-state index in [1.807, 2.05) is 0 Å². The molecule has 2 fully saturated rings. The Kier molecular flexibility index (Phi) is 5.82. The Morgan fingerprint density at radius 2 is 1.85 bits per heavy atom. The molecule has 1 aliphatic carbocycles. The number of carbonyl (C=O) groups is 1. The van der Waals surface area contributed by atoms with Crippen molar-refractivity contribution in [3.05, 3.63) is 28.7 Å². The minimum atomic E-state index is -3.61. The summed E-state index contributed by atoms with van der Waals surface area (Å²) in [7, 11) is -3.61. The van der Waals surface area contributed by atoms with Crippen LogP contribution in [0.1, 0.15) is 45.4 Å². The largest absolute Gasteiger partial charge is 0.352 e. The summed E-state index contributed by atoms with van der Waals surface area (Å²) in [6, 6.07) is 2.68. The number of nitrogens with zero attached hydrogens (tertiary/aromatic N) is 2. The van der Waals surface area contributed by atoms with Gasteiger partial charge in [0.05, 0.1) is 4.90 Å². The SMILES string of the molecule is C[C@@H]1CCCC[C@@H]1NC(=O)Cn1cc(S(=O)(=O)N2CCCC2)ccc1=O. The van der Waals surface area contributed by atoms with E-state index in [0.29, 0.717) is 19.0 Å². The topological polar surface area (TPSA) is 88.5 Å². The number of aromatic nitrogens is 1. The predicted octanol–water partition coefficient (Wildman–Crippen LogP) is 1.33. The standard InChI is InChI=1S/C18H27N3O4S/c1-14-6-2-3-7-16(14)19-17(22)13-20-12-15(8-9-18(20)23)26(24,25)21-10-4-5-11-21/h8-9,12,14,16H,2-7,10-11,13H2,1H3,(H,19,22)/t14-,16+/m1/s1. The smallest absolute Gasteiger partial charge is 0.251 e. The van der Waals surface area contributed by atoms with Gasteiger partial charge in [0.25, 0.3) is 5.56 Å². The zero-order valence-electron chi connectivity index (χ0n) is 15.2. The summed E-state index contributed by atoms with van der Waals surface area (Å²) in [5.41, 5.74) is -0.378. The van der Waals surface area contributed by atoms with Crippen LogP contribution in [0.4, 0.5) is 0 Å². The van der Waals surface area contributed by atoms with Gasteiger partial charge in [-0.2, -0.15) is 4.31 Å². The molecular formula is C18H27N3O4S. The lowest BCUT2D eigenvalue weighted by Gasteiger charge is -2.29. The van der Waals surface area contributed by atoms with Crippen molar-refractivity contribution in [2.45, 2.75) is 62.9 Å². The van der Waals surface area contributed by atoms with E-state index in [0.717, 1.165) is 32.1 Å². The predicted molar refractivity (Wildman–Crippen MR) is 98.3 cm³/mol. The molecule has 2 atom stereocenters. The van der Waals surface area contributed by atoms with Gasteiger partial charge in [-0.05, 0) is 37.7 Å². The van der Waals surface area contributed by atoms with E-state index < -0.39 is 10.0 Å². The minimum Gasteiger partial charge on any atom is -0.352 e. The Morgan fingerprint density at radius 3 is 2.54 bits per heavy atom. The monoisotopic (exact) mass is 381 g/mol. The van der Waals surface area contributed by atoms with E-state index in [1.165, 1.54) is 33.6 Å². The number of pyridine rings is 1. The highest BCUT2D eigenvalue weighted by Crippen LogP contribution is 2.23.